The first kappa shape index (κ1) is 17.5. The van der Waals surface area contributed by atoms with Gasteiger partial charge in [-0.1, -0.05) is 18.2 Å². The largest absolute Gasteiger partial charge is 0.359 e. The molecule has 0 radical (unpaired) electrons. The molecule has 6 heteroatoms. The Hall–Kier alpha value is -3.28. The normalized spacial score (nSPS) is 10.4. The van der Waals surface area contributed by atoms with Crippen LogP contribution in [0.5, 0.6) is 0 Å². The summed E-state index contributed by atoms with van der Waals surface area (Å²) in [6.45, 7) is 2.57. The van der Waals surface area contributed by atoms with Gasteiger partial charge in [-0.2, -0.15) is 0 Å². The molecule has 3 aromatic rings. The summed E-state index contributed by atoms with van der Waals surface area (Å²) in [4.78, 5) is 27.3. The average Bonchev–Trinajstić information content (AvgIpc) is 2.67. The first-order valence-corrected chi connectivity index (χ1v) is 8.44. The number of carbonyl (C=O) groups is 1. The lowest BCUT2D eigenvalue weighted by Gasteiger charge is -2.19. The Kier molecular flexibility index (Phi) is 5.53. The van der Waals surface area contributed by atoms with Crippen molar-refractivity contribution in [1.29, 1.82) is 0 Å². The van der Waals surface area contributed by atoms with Crippen LogP contribution in [-0.4, -0.2) is 34.5 Å². The standard InChI is InChI=1S/C20H21N5O/c1-15-22-18(20(26)24-17-6-4-3-5-7-17)14-19(23-15)25(2)13-10-16-8-11-21-12-9-16/h3-9,11-12,14H,10,13H2,1-2H3,(H,24,26). The van der Waals surface area contributed by atoms with Crippen molar-refractivity contribution in [2.45, 2.75) is 13.3 Å². The summed E-state index contributed by atoms with van der Waals surface area (Å²) < 4.78 is 0. The summed E-state index contributed by atoms with van der Waals surface area (Å²) in [6.07, 6.45) is 4.44. The zero-order chi connectivity index (χ0) is 18.4. The van der Waals surface area contributed by atoms with Gasteiger partial charge in [0.15, 0.2) is 0 Å². The Labute approximate surface area is 153 Å². The fourth-order valence-electron chi connectivity index (χ4n) is 2.54. The monoisotopic (exact) mass is 347 g/mol. The molecule has 6 nitrogen and oxygen atoms in total. The lowest BCUT2D eigenvalue weighted by molar-refractivity contribution is 0.102. The molecule has 132 valence electrons. The number of hydrogen-bond donors (Lipinski definition) is 1. The number of carbonyl (C=O) groups excluding carboxylic acids is 1. The molecule has 2 aromatic heterocycles. The second-order valence-corrected chi connectivity index (χ2v) is 6.01. The van der Waals surface area contributed by atoms with Crippen LogP contribution in [0.25, 0.3) is 0 Å². The molecule has 3 rings (SSSR count). The smallest absolute Gasteiger partial charge is 0.274 e. The van der Waals surface area contributed by atoms with Crippen LogP contribution < -0.4 is 10.2 Å². The summed E-state index contributed by atoms with van der Waals surface area (Å²) in [7, 11) is 1.96. The minimum atomic E-state index is -0.245. The van der Waals surface area contributed by atoms with Crippen molar-refractivity contribution in [1.82, 2.24) is 15.0 Å². The van der Waals surface area contributed by atoms with Gasteiger partial charge in [0.05, 0.1) is 0 Å². The van der Waals surface area contributed by atoms with Gasteiger partial charge < -0.3 is 10.2 Å². The number of benzene rings is 1. The van der Waals surface area contributed by atoms with E-state index >= 15 is 0 Å². The SMILES string of the molecule is Cc1nc(C(=O)Nc2ccccc2)cc(N(C)CCc2ccncc2)n1. The maximum absolute atomic E-state index is 12.5. The molecule has 1 amide bonds. The molecule has 1 N–H and O–H groups in total. The molecule has 0 aliphatic carbocycles. The molecule has 0 unspecified atom stereocenters. The van der Waals surface area contributed by atoms with E-state index in [0.717, 1.165) is 24.5 Å². The highest BCUT2D eigenvalue weighted by Gasteiger charge is 2.13. The molecule has 0 fully saturated rings. The summed E-state index contributed by atoms with van der Waals surface area (Å²) in [5, 5.41) is 2.85. The molecule has 1 aromatic carbocycles. The molecule has 2 heterocycles. The van der Waals surface area contributed by atoms with Crippen molar-refractivity contribution in [2.24, 2.45) is 0 Å². The van der Waals surface area contributed by atoms with Crippen LogP contribution in [0.4, 0.5) is 11.5 Å². The van der Waals surface area contributed by atoms with Crippen LogP contribution in [0, 0.1) is 6.92 Å². The second kappa shape index (κ2) is 8.20. The molecular weight excluding hydrogens is 326 g/mol. The molecule has 0 spiro atoms. The van der Waals surface area contributed by atoms with Crippen molar-refractivity contribution in [2.75, 3.05) is 23.8 Å². The number of nitrogens with zero attached hydrogens (tertiary/aromatic N) is 4. The fourth-order valence-corrected chi connectivity index (χ4v) is 2.54. The fraction of sp³-hybridized carbons (Fsp3) is 0.200. The van der Waals surface area contributed by atoms with Crippen molar-refractivity contribution < 1.29 is 4.79 Å². The van der Waals surface area contributed by atoms with Gasteiger partial charge in [0, 0.05) is 37.7 Å². The number of aryl methyl sites for hydroxylation is 1. The number of pyridine rings is 1. The Morgan fingerprint density at radius 1 is 1.08 bits per heavy atom. The molecule has 26 heavy (non-hydrogen) atoms. The molecular formula is C20H21N5O. The van der Waals surface area contributed by atoms with Gasteiger partial charge in [0.1, 0.15) is 17.3 Å². The topological polar surface area (TPSA) is 71.0 Å². The number of para-hydroxylation sites is 1. The predicted octanol–water partition coefficient (Wildman–Crippen LogP) is 3.11. The van der Waals surface area contributed by atoms with E-state index in [2.05, 4.69) is 20.3 Å². The van der Waals surface area contributed by atoms with Crippen LogP contribution in [-0.2, 0) is 6.42 Å². The first-order chi connectivity index (χ1) is 12.6. The third-order valence-corrected chi connectivity index (χ3v) is 3.97. The van der Waals surface area contributed by atoms with E-state index < -0.39 is 0 Å². The summed E-state index contributed by atoms with van der Waals surface area (Å²) in [6, 6.07) is 15.0. The van der Waals surface area contributed by atoms with Crippen LogP contribution in [0.2, 0.25) is 0 Å². The summed E-state index contributed by atoms with van der Waals surface area (Å²) in [5.74, 6) is 1.05. The summed E-state index contributed by atoms with van der Waals surface area (Å²) >= 11 is 0. The highest BCUT2D eigenvalue weighted by Crippen LogP contribution is 2.14. The maximum atomic E-state index is 12.5. The molecule has 0 bridgehead atoms. The number of nitrogens with one attached hydrogen (secondary N) is 1. The molecule has 0 aliphatic heterocycles. The molecule has 0 saturated heterocycles. The number of rotatable bonds is 6. The Morgan fingerprint density at radius 3 is 2.54 bits per heavy atom. The lowest BCUT2D eigenvalue weighted by Crippen LogP contribution is -2.23. The van der Waals surface area contributed by atoms with Crippen LogP contribution in [0.3, 0.4) is 0 Å². The highest BCUT2D eigenvalue weighted by atomic mass is 16.1. The van der Waals surface area contributed by atoms with Gasteiger partial charge >= 0.3 is 0 Å². The number of likely N-dealkylation sites (N-methyl/N-ethyl adjacent to an activating group) is 1. The molecule has 0 atom stereocenters. The molecule has 0 aliphatic rings. The van der Waals surface area contributed by atoms with Crippen molar-refractivity contribution in [3.05, 3.63) is 78.0 Å². The van der Waals surface area contributed by atoms with Gasteiger partial charge in [-0.25, -0.2) is 9.97 Å². The van der Waals surface area contributed by atoms with Crippen LogP contribution in [0.15, 0.2) is 60.9 Å². The van der Waals surface area contributed by atoms with Gasteiger partial charge in [-0.05, 0) is 43.2 Å². The van der Waals surface area contributed by atoms with E-state index in [9.17, 15) is 4.79 Å². The number of hydrogen-bond acceptors (Lipinski definition) is 5. The highest BCUT2D eigenvalue weighted by molar-refractivity contribution is 6.03. The quantitative estimate of drug-likeness (QED) is 0.742. The first-order valence-electron chi connectivity index (χ1n) is 8.44. The minimum Gasteiger partial charge on any atom is -0.359 e. The van der Waals surface area contributed by atoms with Gasteiger partial charge in [-0.3, -0.25) is 9.78 Å². The average molecular weight is 347 g/mol. The van der Waals surface area contributed by atoms with Gasteiger partial charge in [0.25, 0.3) is 5.91 Å². The van der Waals surface area contributed by atoms with Gasteiger partial charge in [0.2, 0.25) is 0 Å². The Morgan fingerprint density at radius 2 is 1.81 bits per heavy atom. The van der Waals surface area contributed by atoms with Crippen LogP contribution >= 0.6 is 0 Å². The maximum Gasteiger partial charge on any atom is 0.274 e. The third-order valence-electron chi connectivity index (χ3n) is 3.97. The number of anilines is 2. The third kappa shape index (κ3) is 4.63. The van der Waals surface area contributed by atoms with E-state index in [0.29, 0.717) is 11.5 Å². The lowest BCUT2D eigenvalue weighted by atomic mass is 10.2. The minimum absolute atomic E-state index is 0.245. The van der Waals surface area contributed by atoms with Crippen molar-refractivity contribution in [3.63, 3.8) is 0 Å². The predicted molar refractivity (Wildman–Crippen MR) is 102 cm³/mol. The van der Waals surface area contributed by atoms with E-state index in [4.69, 9.17) is 0 Å². The Bertz CT molecular complexity index is 868. The van der Waals surface area contributed by atoms with E-state index in [1.807, 2.05) is 54.4 Å². The van der Waals surface area contributed by atoms with Crippen molar-refractivity contribution >= 4 is 17.4 Å². The van der Waals surface area contributed by atoms with Gasteiger partial charge in [-0.15, -0.1) is 0 Å². The second-order valence-electron chi connectivity index (χ2n) is 6.01. The van der Waals surface area contributed by atoms with Crippen molar-refractivity contribution in [3.8, 4) is 0 Å². The number of aromatic nitrogens is 3. The molecule has 0 saturated carbocycles. The van der Waals surface area contributed by atoms with E-state index in [1.54, 1.807) is 25.4 Å². The number of amides is 1. The summed E-state index contributed by atoms with van der Waals surface area (Å²) in [5.41, 5.74) is 2.30. The van der Waals surface area contributed by atoms with E-state index in [1.165, 1.54) is 5.56 Å². The van der Waals surface area contributed by atoms with E-state index in [-0.39, 0.29) is 5.91 Å². The van der Waals surface area contributed by atoms with Crippen LogP contribution in [0.1, 0.15) is 21.9 Å². The zero-order valence-corrected chi connectivity index (χ0v) is 14.9. The zero-order valence-electron chi connectivity index (χ0n) is 14.9. The Balaban J connectivity index is 1.71.